The lowest BCUT2D eigenvalue weighted by molar-refractivity contribution is -0.384. The fraction of sp³-hybridized carbons (Fsp3) is 0.318. The van der Waals surface area contributed by atoms with Gasteiger partial charge in [0, 0.05) is 47.1 Å². The van der Waals surface area contributed by atoms with Crippen molar-refractivity contribution in [2.75, 3.05) is 45.2 Å². The highest BCUT2D eigenvalue weighted by Gasteiger charge is 2.20. The van der Waals surface area contributed by atoms with Gasteiger partial charge >= 0.3 is 0 Å². The molecule has 9 nitrogen and oxygen atoms in total. The van der Waals surface area contributed by atoms with Crippen LogP contribution in [-0.4, -0.2) is 55.3 Å². The number of rotatable bonds is 9. The van der Waals surface area contributed by atoms with Crippen molar-refractivity contribution in [3.8, 4) is 22.8 Å². The molecule has 2 heterocycles. The van der Waals surface area contributed by atoms with Gasteiger partial charge in [-0.15, -0.1) is 0 Å². The monoisotopic (exact) mass is 488 g/mol. The van der Waals surface area contributed by atoms with E-state index in [1.807, 2.05) is 24.3 Å². The molecule has 11 heteroatoms. The van der Waals surface area contributed by atoms with Gasteiger partial charge in [-0.3, -0.25) is 15.0 Å². The third-order valence-corrected chi connectivity index (χ3v) is 6.98. The highest BCUT2D eigenvalue weighted by atomic mass is 32.2. The normalized spacial score (nSPS) is 14.1. The van der Waals surface area contributed by atoms with Crippen molar-refractivity contribution >= 4 is 34.1 Å². The molecule has 1 saturated heterocycles. The van der Waals surface area contributed by atoms with Gasteiger partial charge in [-0.2, -0.15) is 0 Å². The third kappa shape index (κ3) is 5.74. The van der Waals surface area contributed by atoms with Gasteiger partial charge in [0.15, 0.2) is 16.6 Å². The summed E-state index contributed by atoms with van der Waals surface area (Å²) in [5.41, 5.74) is 1.53. The molecule has 174 valence electrons. The van der Waals surface area contributed by atoms with Gasteiger partial charge in [-0.25, -0.2) is 4.98 Å². The molecule has 3 aromatic rings. The minimum atomic E-state index is -0.385. The van der Waals surface area contributed by atoms with E-state index in [9.17, 15) is 10.1 Å². The summed E-state index contributed by atoms with van der Waals surface area (Å²) in [5, 5.41) is 12.0. The van der Waals surface area contributed by atoms with Crippen LogP contribution in [0.25, 0.3) is 11.3 Å². The first kappa shape index (κ1) is 23.3. The van der Waals surface area contributed by atoms with E-state index in [-0.39, 0.29) is 10.6 Å². The summed E-state index contributed by atoms with van der Waals surface area (Å²) in [5.74, 6) is 1.31. The number of thiazole rings is 1. The van der Waals surface area contributed by atoms with Gasteiger partial charge in [0.25, 0.3) is 5.69 Å². The number of morpholine rings is 1. The molecule has 0 amide bonds. The van der Waals surface area contributed by atoms with E-state index in [1.54, 1.807) is 37.7 Å². The Bertz CT molecular complexity index is 1120. The summed E-state index contributed by atoms with van der Waals surface area (Å²) >= 11 is 2.96. The van der Waals surface area contributed by atoms with E-state index in [4.69, 9.17) is 19.2 Å². The number of anilines is 1. The van der Waals surface area contributed by atoms with E-state index < -0.39 is 0 Å². The lowest BCUT2D eigenvalue weighted by atomic mass is 10.1. The van der Waals surface area contributed by atoms with Crippen LogP contribution in [0.2, 0.25) is 0 Å². The number of ether oxygens (including phenoxy) is 3. The number of nitro benzene ring substituents is 1. The highest BCUT2D eigenvalue weighted by Crippen LogP contribution is 2.37. The van der Waals surface area contributed by atoms with E-state index in [0.717, 1.165) is 39.3 Å². The Balaban J connectivity index is 1.59. The number of hydrogen-bond donors (Lipinski definition) is 1. The molecule has 33 heavy (non-hydrogen) atoms. The van der Waals surface area contributed by atoms with Crippen molar-refractivity contribution in [3.05, 3.63) is 57.5 Å². The summed E-state index contributed by atoms with van der Waals surface area (Å²) in [6.45, 7) is 3.79. The fourth-order valence-corrected chi connectivity index (χ4v) is 5.16. The van der Waals surface area contributed by atoms with Gasteiger partial charge in [-0.1, -0.05) is 23.5 Å². The summed E-state index contributed by atoms with van der Waals surface area (Å²) in [7, 11) is 3.20. The number of nitro groups is 1. The molecule has 0 saturated carbocycles. The molecular weight excluding hydrogens is 464 g/mol. The van der Waals surface area contributed by atoms with Gasteiger partial charge in [-0.05, 0) is 30.1 Å². The first-order chi connectivity index (χ1) is 16.1. The molecular formula is C22H24N4O5S2. The largest absolute Gasteiger partial charge is 0.493 e. The number of aromatic nitrogens is 1. The molecule has 1 N–H and O–H groups in total. The number of benzene rings is 2. The molecule has 0 atom stereocenters. The van der Waals surface area contributed by atoms with Crippen LogP contribution in [0.15, 0.2) is 47.4 Å². The van der Waals surface area contributed by atoms with Gasteiger partial charge < -0.3 is 18.9 Å². The predicted molar refractivity (Wildman–Crippen MR) is 129 cm³/mol. The predicted octanol–water partition coefficient (Wildman–Crippen LogP) is 4.69. The zero-order chi connectivity index (χ0) is 23.2. The van der Waals surface area contributed by atoms with Gasteiger partial charge in [0.05, 0.1) is 38.1 Å². The van der Waals surface area contributed by atoms with E-state index >= 15 is 0 Å². The Morgan fingerprint density at radius 3 is 2.70 bits per heavy atom. The molecule has 1 fully saturated rings. The van der Waals surface area contributed by atoms with E-state index in [2.05, 4.69) is 9.62 Å². The minimum absolute atomic E-state index is 0.0482. The van der Waals surface area contributed by atoms with Crippen LogP contribution >= 0.6 is 23.3 Å². The fourth-order valence-electron chi connectivity index (χ4n) is 3.44. The number of nitrogens with zero attached hydrogens (tertiary/aromatic N) is 3. The van der Waals surface area contributed by atoms with Crippen LogP contribution in [-0.2, 0) is 11.3 Å². The van der Waals surface area contributed by atoms with Crippen LogP contribution in [0.1, 0.15) is 4.88 Å². The SMILES string of the molecule is COc1ccc(SNc2nc(-c3cccc([N+](=O)[O-])c3)c(CN3CCOCC3)s2)cc1OC. The number of non-ortho nitro benzene ring substituents is 1. The van der Waals surface area contributed by atoms with Crippen molar-refractivity contribution in [1.82, 2.24) is 9.88 Å². The first-order valence-electron chi connectivity index (χ1n) is 10.3. The molecule has 4 rings (SSSR count). The third-order valence-electron chi connectivity index (χ3n) is 5.11. The molecule has 1 aromatic heterocycles. The Kier molecular flexibility index (Phi) is 7.65. The summed E-state index contributed by atoms with van der Waals surface area (Å²) < 4.78 is 19.4. The Morgan fingerprint density at radius 2 is 1.97 bits per heavy atom. The Hall–Kier alpha value is -2.86. The van der Waals surface area contributed by atoms with Crippen LogP contribution in [0.3, 0.4) is 0 Å². The van der Waals surface area contributed by atoms with Gasteiger partial charge in [0.1, 0.15) is 0 Å². The standard InChI is InChI=1S/C22H24N4O5S2/c1-29-18-7-6-17(13-19(18)30-2)33-24-22-23-21(15-4-3-5-16(12-15)26(27)28)20(32-22)14-25-8-10-31-11-9-25/h3-7,12-13H,8-11,14H2,1-2H3,(H,23,24). The summed E-state index contributed by atoms with van der Waals surface area (Å²) in [4.78, 5) is 20.0. The second-order valence-corrected chi connectivity index (χ2v) is 9.17. The van der Waals surface area contributed by atoms with Crippen LogP contribution in [0.5, 0.6) is 11.5 Å². The zero-order valence-corrected chi connectivity index (χ0v) is 19.9. The Morgan fingerprint density at radius 1 is 1.18 bits per heavy atom. The lowest BCUT2D eigenvalue weighted by Gasteiger charge is -2.26. The molecule has 1 aliphatic heterocycles. The molecule has 0 unspecified atom stereocenters. The maximum absolute atomic E-state index is 11.3. The molecule has 0 radical (unpaired) electrons. The number of hydrogen-bond acceptors (Lipinski definition) is 10. The average Bonchev–Trinajstić information content (AvgIpc) is 3.25. The van der Waals surface area contributed by atoms with Crippen LogP contribution in [0, 0.1) is 10.1 Å². The van der Waals surface area contributed by atoms with Gasteiger partial charge in [0.2, 0.25) is 0 Å². The lowest BCUT2D eigenvalue weighted by Crippen LogP contribution is -2.35. The maximum atomic E-state index is 11.3. The van der Waals surface area contributed by atoms with Crippen molar-refractivity contribution in [1.29, 1.82) is 0 Å². The minimum Gasteiger partial charge on any atom is -0.493 e. The maximum Gasteiger partial charge on any atom is 0.270 e. The zero-order valence-electron chi connectivity index (χ0n) is 18.3. The van der Waals surface area contributed by atoms with Crippen molar-refractivity contribution < 1.29 is 19.1 Å². The Labute approximate surface area is 200 Å². The smallest absolute Gasteiger partial charge is 0.270 e. The second kappa shape index (κ2) is 10.8. The van der Waals surface area contributed by atoms with E-state index in [1.165, 1.54) is 18.0 Å². The van der Waals surface area contributed by atoms with Crippen molar-refractivity contribution in [2.24, 2.45) is 0 Å². The quantitative estimate of drug-likeness (QED) is 0.261. The van der Waals surface area contributed by atoms with Crippen molar-refractivity contribution in [2.45, 2.75) is 11.4 Å². The second-order valence-electron chi connectivity index (χ2n) is 7.21. The van der Waals surface area contributed by atoms with Crippen LogP contribution < -0.4 is 14.2 Å². The average molecular weight is 489 g/mol. The topological polar surface area (TPSA) is 99.0 Å². The van der Waals surface area contributed by atoms with Crippen molar-refractivity contribution in [3.63, 3.8) is 0 Å². The van der Waals surface area contributed by atoms with Crippen LogP contribution in [0.4, 0.5) is 10.8 Å². The first-order valence-corrected chi connectivity index (χ1v) is 11.9. The molecule has 0 aliphatic carbocycles. The van der Waals surface area contributed by atoms with E-state index in [0.29, 0.717) is 31.3 Å². The molecule has 1 aliphatic rings. The molecule has 2 aromatic carbocycles. The molecule has 0 bridgehead atoms. The summed E-state index contributed by atoms with van der Waals surface area (Å²) in [6, 6.07) is 12.3. The number of methoxy groups -OCH3 is 2. The highest BCUT2D eigenvalue weighted by molar-refractivity contribution is 8.00. The number of nitrogens with one attached hydrogen (secondary N) is 1. The summed E-state index contributed by atoms with van der Waals surface area (Å²) in [6.07, 6.45) is 0. The molecule has 0 spiro atoms.